The van der Waals surface area contributed by atoms with Crippen molar-refractivity contribution in [3.63, 3.8) is 0 Å². The summed E-state index contributed by atoms with van der Waals surface area (Å²) in [5.41, 5.74) is 0. The van der Waals surface area contributed by atoms with Crippen LogP contribution in [0.2, 0.25) is 0 Å². The summed E-state index contributed by atoms with van der Waals surface area (Å²) >= 11 is 3.66. The second-order valence-corrected chi connectivity index (χ2v) is 19.8. The summed E-state index contributed by atoms with van der Waals surface area (Å²) in [5.74, 6) is -181. The van der Waals surface area contributed by atoms with Crippen LogP contribution in [0.3, 0.4) is 0 Å². The first-order chi connectivity index (χ1) is 41.0. The molecule has 1 aliphatic rings. The maximum absolute atomic E-state index is 14.7. The van der Waals surface area contributed by atoms with E-state index >= 15 is 0 Å². The van der Waals surface area contributed by atoms with Crippen LogP contribution in [0.5, 0.6) is 0 Å². The Labute approximate surface area is 504 Å². The summed E-state index contributed by atoms with van der Waals surface area (Å²) in [6.45, 7) is -13.3. The zero-order valence-electron chi connectivity index (χ0n) is 43.9. The van der Waals surface area contributed by atoms with Gasteiger partial charge in [0.15, 0.2) is 0 Å². The summed E-state index contributed by atoms with van der Waals surface area (Å²) in [6, 6.07) is 0. The Morgan fingerprint density at radius 1 is 0.179 bits per heavy atom. The fourth-order valence-electron chi connectivity index (χ4n) is 7.49. The zero-order chi connectivity index (χ0) is 77.3. The summed E-state index contributed by atoms with van der Waals surface area (Å²) in [6.07, 6.45) is -41.1. The molecule has 0 aromatic heterocycles. The molecule has 0 aliphatic carbocycles. The van der Waals surface area contributed by atoms with Gasteiger partial charge in [-0.25, -0.2) is 0 Å². The summed E-state index contributed by atoms with van der Waals surface area (Å²) < 4.78 is 702. The van der Waals surface area contributed by atoms with E-state index in [-0.39, 0.29) is 14.7 Å². The van der Waals surface area contributed by atoms with E-state index in [1.54, 1.807) is 0 Å². The van der Waals surface area contributed by atoms with Crippen molar-refractivity contribution in [2.75, 3.05) is 58.9 Å². The van der Waals surface area contributed by atoms with Gasteiger partial charge in [-0.15, -0.1) is 0 Å². The monoisotopic (exact) mass is 1610 g/mol. The van der Waals surface area contributed by atoms with Crippen LogP contribution in [0.1, 0.15) is 38.5 Å². The van der Waals surface area contributed by atoms with E-state index in [1.807, 2.05) is 0 Å². The predicted molar refractivity (Wildman–Crippen MR) is 205 cm³/mol. The minimum absolute atomic E-state index is 0.174. The van der Waals surface area contributed by atoms with Gasteiger partial charge < -0.3 is 14.7 Å². The molecule has 56 heteroatoms. The average molecular weight is 1610 g/mol. The summed E-state index contributed by atoms with van der Waals surface area (Å²) in [4.78, 5) is 0.522. The molecule has 0 spiro atoms. The van der Waals surface area contributed by atoms with Gasteiger partial charge in [0, 0.05) is 58.5 Å². The van der Waals surface area contributed by atoms with E-state index in [2.05, 4.69) is 25.2 Å². The van der Waals surface area contributed by atoms with Crippen molar-refractivity contribution in [3.05, 3.63) is 0 Å². The predicted octanol–water partition coefficient (Wildman–Crippen LogP) is 19.0. The van der Waals surface area contributed by atoms with E-state index in [0.717, 1.165) is 0 Å². The average Bonchev–Trinajstić information content (AvgIpc) is 0.725. The van der Waals surface area contributed by atoms with Gasteiger partial charge in [0.1, 0.15) is 0 Å². The molecule has 0 saturated carbocycles. The normalized spacial score (nSPS) is 18.2. The van der Waals surface area contributed by atoms with Crippen LogP contribution in [0.25, 0.3) is 0 Å². The molecule has 576 valence electrons. The van der Waals surface area contributed by atoms with Gasteiger partial charge in [0.05, 0.1) is 0 Å². The molecule has 3 nitrogen and oxygen atoms in total. The van der Waals surface area contributed by atoms with Crippen LogP contribution >= 0.6 is 10.1 Å². The molecule has 95 heavy (non-hydrogen) atoms. The molecule has 1 aliphatic heterocycles. The third-order valence-electron chi connectivity index (χ3n) is 13.5. The fourth-order valence-corrected chi connectivity index (χ4v) is 7.49. The van der Waals surface area contributed by atoms with Gasteiger partial charge in [-0.05, 0) is 38.9 Å². The SMILES string of the molecule is FC(F)(F)C(F)(F)C(F)(F)C(F)(F)C(F)(F)C(F)(F)C(F)(F)C(F)(F)CCCN1CCN(CCCC(F)(F)C(F)(F)C(F)(F)C(F)(F)C(F)(F)C(F)(F)C(F)(F)C(F)(F)F)CCN(CCCC(F)(F)C(F)(F)C(F)(F)C(F)(F)C(F)(F)C(F)(F)C(F)(F)C(F)(F)F)CC1.[Cl][Cu]. The molecule has 1 rings (SSSR count). The van der Waals surface area contributed by atoms with Gasteiger partial charge in [-0.1, -0.05) is 0 Å². The first-order valence-electron chi connectivity index (χ1n) is 23.4. The third kappa shape index (κ3) is 14.7. The van der Waals surface area contributed by atoms with E-state index in [0.29, 0.717) is 0 Å². The van der Waals surface area contributed by atoms with Gasteiger partial charge >= 0.3 is 168 Å². The first-order valence-corrected chi connectivity index (χ1v) is 24.7. The van der Waals surface area contributed by atoms with Crippen molar-refractivity contribution in [2.24, 2.45) is 0 Å². The standard InChI is InChI=1S/C39H30F51N3.ClH.Cu/c40-16(41,19(46,47)22(52,53)25(58,59)28(64,65)31(70,71)34(76,77)37(82,83)84)4-1-7-91-10-12-92(8-2-5-17(42,43)20(48,49)23(54,55)26(60,61)29(66,67)32(72,73)35(78,79)38(85,86)87)14-15-93(13-11-91)9-3-6-18(44,45)21(50,51)24(56,57)27(62,63)30(68,69)33(74,75)36(80,81)39(88,89)90;;/h1-15H2;1H;/q;;+1/p-1. The molecule has 1 fully saturated rings. The molecule has 0 unspecified atom stereocenters. The summed E-state index contributed by atoms with van der Waals surface area (Å²) in [5, 5.41) is 0. The van der Waals surface area contributed by atoms with Crippen molar-refractivity contribution in [1.29, 1.82) is 0 Å². The number of alkyl halides is 51. The van der Waals surface area contributed by atoms with Crippen LogP contribution in [0.15, 0.2) is 0 Å². The maximum atomic E-state index is 14.7. The van der Waals surface area contributed by atoms with E-state index in [1.165, 1.54) is 0 Å². The van der Waals surface area contributed by atoms with Crippen molar-refractivity contribution in [3.8, 4) is 0 Å². The van der Waals surface area contributed by atoms with Crippen molar-refractivity contribution < 1.29 is 239 Å². The minimum atomic E-state index is -9.15. The number of hydrogen-bond donors (Lipinski definition) is 0. The molecule has 0 radical (unpaired) electrons. The Morgan fingerprint density at radius 2 is 0.284 bits per heavy atom. The van der Waals surface area contributed by atoms with Gasteiger partial charge in [0.2, 0.25) is 0 Å². The molecular weight excluding hydrogens is 1580 g/mol. The van der Waals surface area contributed by atoms with Crippen molar-refractivity contribution >= 4 is 10.1 Å². The molecule has 0 atom stereocenters. The first kappa shape index (κ1) is 92.1. The molecule has 1 heterocycles. The van der Waals surface area contributed by atoms with E-state index in [9.17, 15) is 224 Å². The molecule has 0 N–H and O–H groups in total. The second kappa shape index (κ2) is 27.1. The van der Waals surface area contributed by atoms with Crippen molar-refractivity contribution in [1.82, 2.24) is 14.7 Å². The molecule has 1 saturated heterocycles. The van der Waals surface area contributed by atoms with Gasteiger partial charge in [0.25, 0.3) is 0 Å². The van der Waals surface area contributed by atoms with Crippen molar-refractivity contribution in [2.45, 2.75) is 181 Å². The van der Waals surface area contributed by atoms with Crippen LogP contribution in [-0.2, 0) is 15.1 Å². The number of nitrogens with zero attached hydrogens (tertiary/aromatic N) is 3. The van der Waals surface area contributed by atoms with Gasteiger partial charge in [-0.2, -0.15) is 224 Å². The van der Waals surface area contributed by atoms with Crippen LogP contribution in [-0.4, -0.2) is 217 Å². The molecule has 0 amide bonds. The van der Waals surface area contributed by atoms with E-state index < -0.39 is 240 Å². The number of rotatable bonds is 30. The van der Waals surface area contributed by atoms with Gasteiger partial charge in [-0.3, -0.25) is 0 Å². The van der Waals surface area contributed by atoms with Crippen LogP contribution in [0, 0.1) is 0 Å². The Balaban J connectivity index is 0.0000437. The second-order valence-electron chi connectivity index (χ2n) is 19.8. The quantitative estimate of drug-likeness (QED) is 0.0524. The fraction of sp³-hybridized carbons (Fsp3) is 1.00. The number of halogens is 52. The topological polar surface area (TPSA) is 9.72 Å². The van der Waals surface area contributed by atoms with Crippen LogP contribution in [0.4, 0.5) is 224 Å². The van der Waals surface area contributed by atoms with Crippen LogP contribution < -0.4 is 0 Å². The zero-order valence-corrected chi connectivity index (χ0v) is 45.6. The molecule has 0 bridgehead atoms. The Bertz CT molecular complexity index is 2220. The Morgan fingerprint density at radius 3 is 0.400 bits per heavy atom. The summed E-state index contributed by atoms with van der Waals surface area (Å²) in [7, 11) is 4.20. The molecule has 0 aromatic rings. The Kier molecular flexibility index (Phi) is 26.3. The molecular formula is C39H30ClCuF51N3. The Hall–Kier alpha value is -2.88. The molecule has 0 aromatic carbocycles. The number of hydrogen-bond acceptors (Lipinski definition) is 3. The third-order valence-corrected chi connectivity index (χ3v) is 13.5. The van der Waals surface area contributed by atoms with E-state index in [4.69, 9.17) is 0 Å².